The molecule has 3 rings (SSSR count). The maximum absolute atomic E-state index is 12.6. The zero-order valence-electron chi connectivity index (χ0n) is 14.2. The van der Waals surface area contributed by atoms with E-state index in [-0.39, 0.29) is 0 Å². The molecule has 2 amide bonds. The highest BCUT2D eigenvalue weighted by Crippen LogP contribution is 2.30. The number of rotatable bonds is 3. The van der Waals surface area contributed by atoms with Crippen molar-refractivity contribution in [3.63, 3.8) is 0 Å². The van der Waals surface area contributed by atoms with E-state index < -0.39 is 11.8 Å². The third-order valence-electron chi connectivity index (χ3n) is 4.21. The van der Waals surface area contributed by atoms with E-state index in [1.165, 1.54) is 12.0 Å². The second kappa shape index (κ2) is 7.25. The number of aryl methyl sites for hydroxylation is 1. The first-order chi connectivity index (χ1) is 12.1. The van der Waals surface area contributed by atoms with E-state index in [9.17, 15) is 9.59 Å². The monoisotopic (exact) mass is 340 g/mol. The van der Waals surface area contributed by atoms with Gasteiger partial charge >= 0.3 is 11.8 Å². The molecule has 1 aliphatic rings. The van der Waals surface area contributed by atoms with Crippen LogP contribution in [0, 0.1) is 0 Å². The molecule has 0 bridgehead atoms. The number of ether oxygens (including phenoxy) is 2. The van der Waals surface area contributed by atoms with Gasteiger partial charge in [-0.2, -0.15) is 0 Å². The lowest BCUT2D eigenvalue weighted by atomic mass is 10.0. The lowest BCUT2D eigenvalue weighted by Crippen LogP contribution is -2.42. The van der Waals surface area contributed by atoms with Crippen LogP contribution in [0.2, 0.25) is 0 Å². The molecule has 0 unspecified atom stereocenters. The summed E-state index contributed by atoms with van der Waals surface area (Å²) in [7, 11) is 3.04. The van der Waals surface area contributed by atoms with Crippen LogP contribution in [-0.4, -0.2) is 32.6 Å². The Bertz CT molecular complexity index is 804. The summed E-state index contributed by atoms with van der Waals surface area (Å²) in [4.78, 5) is 26.6. The third-order valence-corrected chi connectivity index (χ3v) is 4.21. The van der Waals surface area contributed by atoms with Gasteiger partial charge in [0.15, 0.2) is 0 Å². The number of hydrogen-bond acceptors (Lipinski definition) is 4. The van der Waals surface area contributed by atoms with Gasteiger partial charge in [-0.05, 0) is 36.6 Å². The SMILES string of the molecule is COc1ccc(NC(=O)C(=O)N2CCCc3ccccc32)c(OC)c1. The molecule has 0 saturated heterocycles. The van der Waals surface area contributed by atoms with Gasteiger partial charge in [-0.3, -0.25) is 9.59 Å². The smallest absolute Gasteiger partial charge is 0.316 e. The summed E-state index contributed by atoms with van der Waals surface area (Å²) in [5.74, 6) is -0.240. The molecule has 0 spiro atoms. The molecule has 25 heavy (non-hydrogen) atoms. The fraction of sp³-hybridized carbons (Fsp3) is 0.263. The van der Waals surface area contributed by atoms with Crippen molar-refractivity contribution in [1.82, 2.24) is 0 Å². The minimum absolute atomic E-state index is 0.423. The van der Waals surface area contributed by atoms with E-state index >= 15 is 0 Å². The van der Waals surface area contributed by atoms with E-state index in [0.717, 1.165) is 24.1 Å². The van der Waals surface area contributed by atoms with Crippen LogP contribution in [0.5, 0.6) is 11.5 Å². The van der Waals surface area contributed by atoms with E-state index in [4.69, 9.17) is 9.47 Å². The van der Waals surface area contributed by atoms with Crippen LogP contribution >= 0.6 is 0 Å². The number of nitrogens with zero attached hydrogens (tertiary/aromatic N) is 1. The molecule has 0 radical (unpaired) electrons. The molecular formula is C19H20N2O4. The van der Waals surface area contributed by atoms with Crippen molar-refractivity contribution in [3.8, 4) is 11.5 Å². The van der Waals surface area contributed by atoms with E-state index in [2.05, 4.69) is 5.32 Å². The number of hydrogen-bond donors (Lipinski definition) is 1. The zero-order chi connectivity index (χ0) is 17.8. The van der Waals surface area contributed by atoms with Gasteiger partial charge < -0.3 is 19.7 Å². The Balaban J connectivity index is 1.79. The Kier molecular flexibility index (Phi) is 4.88. The molecule has 0 saturated carbocycles. The van der Waals surface area contributed by atoms with Gasteiger partial charge in [-0.15, -0.1) is 0 Å². The van der Waals surface area contributed by atoms with Gasteiger partial charge in [0.05, 0.1) is 19.9 Å². The van der Waals surface area contributed by atoms with Gasteiger partial charge in [0.25, 0.3) is 0 Å². The Labute approximate surface area is 146 Å². The molecule has 130 valence electrons. The fourth-order valence-corrected chi connectivity index (χ4v) is 2.94. The van der Waals surface area contributed by atoms with E-state index in [1.807, 2.05) is 24.3 Å². The van der Waals surface area contributed by atoms with Crippen molar-refractivity contribution in [2.45, 2.75) is 12.8 Å². The first-order valence-electron chi connectivity index (χ1n) is 8.07. The first kappa shape index (κ1) is 16.8. The van der Waals surface area contributed by atoms with Crippen molar-refractivity contribution in [2.24, 2.45) is 0 Å². The van der Waals surface area contributed by atoms with Crippen molar-refractivity contribution in [1.29, 1.82) is 0 Å². The molecule has 0 aromatic heterocycles. The fourth-order valence-electron chi connectivity index (χ4n) is 2.94. The number of benzene rings is 2. The normalized spacial score (nSPS) is 13.0. The molecule has 2 aromatic rings. The average molecular weight is 340 g/mol. The van der Waals surface area contributed by atoms with Crippen molar-refractivity contribution < 1.29 is 19.1 Å². The molecule has 6 nitrogen and oxygen atoms in total. The van der Waals surface area contributed by atoms with Gasteiger partial charge in [0.2, 0.25) is 0 Å². The number of amides is 2. The van der Waals surface area contributed by atoms with Gasteiger partial charge in [-0.1, -0.05) is 18.2 Å². The quantitative estimate of drug-likeness (QED) is 0.872. The summed E-state index contributed by atoms with van der Waals surface area (Å²) in [6, 6.07) is 12.7. The van der Waals surface area contributed by atoms with Crippen LogP contribution < -0.4 is 19.7 Å². The van der Waals surface area contributed by atoms with Crippen molar-refractivity contribution >= 4 is 23.2 Å². The predicted molar refractivity (Wildman–Crippen MR) is 95.3 cm³/mol. The summed E-state index contributed by atoms with van der Waals surface area (Å²) in [5, 5.41) is 2.63. The number of para-hydroxylation sites is 1. The van der Waals surface area contributed by atoms with Gasteiger partial charge in [-0.25, -0.2) is 0 Å². The van der Waals surface area contributed by atoms with E-state index in [0.29, 0.717) is 23.7 Å². The summed E-state index contributed by atoms with van der Waals surface area (Å²) in [5.41, 5.74) is 2.31. The maximum Gasteiger partial charge on any atom is 0.316 e. The van der Waals surface area contributed by atoms with Gasteiger partial charge in [0, 0.05) is 18.3 Å². The Morgan fingerprint density at radius 3 is 2.64 bits per heavy atom. The second-order valence-corrected chi connectivity index (χ2v) is 5.71. The highest BCUT2D eigenvalue weighted by molar-refractivity contribution is 6.44. The third kappa shape index (κ3) is 3.42. The average Bonchev–Trinajstić information content (AvgIpc) is 2.67. The van der Waals surface area contributed by atoms with Gasteiger partial charge in [0.1, 0.15) is 11.5 Å². The Morgan fingerprint density at radius 1 is 1.08 bits per heavy atom. The summed E-state index contributed by atoms with van der Waals surface area (Å²) < 4.78 is 10.4. The topological polar surface area (TPSA) is 67.9 Å². The number of carbonyl (C=O) groups excluding carboxylic acids is 2. The number of carbonyl (C=O) groups is 2. The van der Waals surface area contributed by atoms with Crippen LogP contribution in [-0.2, 0) is 16.0 Å². The largest absolute Gasteiger partial charge is 0.497 e. The van der Waals surface area contributed by atoms with Crippen LogP contribution in [0.15, 0.2) is 42.5 Å². The molecule has 0 fully saturated rings. The van der Waals surface area contributed by atoms with Crippen molar-refractivity contribution in [2.75, 3.05) is 31.0 Å². The molecule has 1 aliphatic heterocycles. The van der Waals surface area contributed by atoms with Crippen LogP contribution in [0.1, 0.15) is 12.0 Å². The lowest BCUT2D eigenvalue weighted by Gasteiger charge is -2.28. The molecule has 2 aromatic carbocycles. The van der Waals surface area contributed by atoms with E-state index in [1.54, 1.807) is 25.3 Å². The zero-order valence-corrected chi connectivity index (χ0v) is 14.2. The van der Waals surface area contributed by atoms with Crippen molar-refractivity contribution in [3.05, 3.63) is 48.0 Å². The summed E-state index contributed by atoms with van der Waals surface area (Å²) in [6.45, 7) is 0.531. The highest BCUT2D eigenvalue weighted by Gasteiger charge is 2.27. The number of methoxy groups -OCH3 is 2. The minimum Gasteiger partial charge on any atom is -0.497 e. The van der Waals surface area contributed by atoms with Crippen LogP contribution in [0.25, 0.3) is 0 Å². The molecule has 0 atom stereocenters. The Hall–Kier alpha value is -3.02. The first-order valence-corrected chi connectivity index (χ1v) is 8.07. The number of fused-ring (bicyclic) bond motifs is 1. The maximum atomic E-state index is 12.6. The lowest BCUT2D eigenvalue weighted by molar-refractivity contribution is -0.134. The second-order valence-electron chi connectivity index (χ2n) is 5.71. The molecular weight excluding hydrogens is 320 g/mol. The highest BCUT2D eigenvalue weighted by atomic mass is 16.5. The summed E-state index contributed by atoms with van der Waals surface area (Å²) in [6.07, 6.45) is 1.75. The van der Waals surface area contributed by atoms with Crippen LogP contribution in [0.4, 0.5) is 11.4 Å². The number of anilines is 2. The standard InChI is InChI=1S/C19H20N2O4/c1-24-14-9-10-15(17(12-14)25-2)20-18(22)19(23)21-11-5-7-13-6-3-4-8-16(13)21/h3-4,6,8-10,12H,5,7,11H2,1-2H3,(H,20,22). The molecule has 1 heterocycles. The molecule has 0 aliphatic carbocycles. The minimum atomic E-state index is -0.694. The summed E-state index contributed by atoms with van der Waals surface area (Å²) >= 11 is 0. The molecule has 6 heteroatoms. The molecule has 1 N–H and O–H groups in total. The predicted octanol–water partition coefficient (Wildman–Crippen LogP) is 2.62. The van der Waals surface area contributed by atoms with Crippen LogP contribution in [0.3, 0.4) is 0 Å². The number of nitrogens with one attached hydrogen (secondary N) is 1. The Morgan fingerprint density at radius 2 is 1.88 bits per heavy atom.